The van der Waals surface area contributed by atoms with Crippen LogP contribution in [0.2, 0.25) is 0 Å². The average molecular weight is 232 g/mol. The Morgan fingerprint density at radius 1 is 1.41 bits per heavy atom. The van der Waals surface area contributed by atoms with E-state index in [0.29, 0.717) is 12.1 Å². The van der Waals surface area contributed by atoms with E-state index in [9.17, 15) is 4.79 Å². The Morgan fingerprint density at radius 3 is 2.76 bits per heavy atom. The van der Waals surface area contributed by atoms with E-state index in [0.717, 1.165) is 24.3 Å². The summed E-state index contributed by atoms with van der Waals surface area (Å²) in [5, 5.41) is 2.92. The predicted octanol–water partition coefficient (Wildman–Crippen LogP) is 1.81. The van der Waals surface area contributed by atoms with Gasteiger partial charge in [0, 0.05) is 5.69 Å². The molecule has 0 bridgehead atoms. The van der Waals surface area contributed by atoms with Gasteiger partial charge in [0.1, 0.15) is 0 Å². The Hall–Kier alpha value is -1.55. The number of amides is 1. The minimum absolute atomic E-state index is 0.0685. The Morgan fingerprint density at radius 2 is 2.12 bits per heavy atom. The number of rotatable bonds is 3. The van der Waals surface area contributed by atoms with Crippen LogP contribution in [-0.4, -0.2) is 29.9 Å². The topological polar surface area (TPSA) is 56.1 Å². The summed E-state index contributed by atoms with van der Waals surface area (Å²) in [5.74, 6) is 0.0685. The second-order valence-corrected chi connectivity index (χ2v) is 4.30. The summed E-state index contributed by atoms with van der Waals surface area (Å²) in [6.07, 6.45) is 0.704. The van der Waals surface area contributed by atoms with E-state index < -0.39 is 0 Å². The molecule has 1 unspecified atom stereocenters. The van der Waals surface area contributed by atoms with Crippen LogP contribution in [0.25, 0.3) is 0 Å². The fourth-order valence-electron chi connectivity index (χ4n) is 2.36. The average Bonchev–Trinajstić information content (AvgIpc) is 2.32. The summed E-state index contributed by atoms with van der Waals surface area (Å²) >= 11 is 0. The zero-order valence-corrected chi connectivity index (χ0v) is 10.3. The Labute approximate surface area is 102 Å². The van der Waals surface area contributed by atoms with Crippen LogP contribution in [0.1, 0.15) is 19.4 Å². The number of hydrogen-bond acceptors (Lipinski definition) is 2. The van der Waals surface area contributed by atoms with Crippen molar-refractivity contribution in [2.75, 3.05) is 18.4 Å². The molecule has 1 aliphatic rings. The number of carbonyl (C=O) groups excluding carboxylic acids is 1. The number of carbonyl (C=O) groups is 1. The van der Waals surface area contributed by atoms with Crippen LogP contribution < -0.4 is 11.1 Å². The molecule has 4 heteroatoms. The van der Waals surface area contributed by atoms with Crippen LogP contribution in [0.4, 0.5) is 11.4 Å². The summed E-state index contributed by atoms with van der Waals surface area (Å²) in [6.45, 7) is 5.86. The zero-order chi connectivity index (χ0) is 12.4. The van der Waals surface area contributed by atoms with Gasteiger partial charge < -0.3 is 11.1 Å². The number of nitrogens with zero attached hydrogens (tertiary/aromatic N) is 1. The van der Waals surface area contributed by atoms with Crippen molar-refractivity contribution in [1.82, 2.24) is 10.6 Å². The van der Waals surface area contributed by atoms with Gasteiger partial charge in [-0.05, 0) is 43.3 Å². The van der Waals surface area contributed by atoms with Crippen molar-refractivity contribution in [3.8, 4) is 0 Å². The van der Waals surface area contributed by atoms with Crippen LogP contribution >= 0.6 is 0 Å². The molecule has 0 saturated heterocycles. The number of anilines is 1. The third-order valence-electron chi connectivity index (χ3n) is 3.33. The molecule has 1 aromatic rings. The molecule has 91 valence electrons. The maximum atomic E-state index is 12.0. The molecule has 0 aliphatic carbocycles. The summed E-state index contributed by atoms with van der Waals surface area (Å²) in [6, 6.07) is 5.26. The predicted molar refractivity (Wildman–Crippen MR) is 68.2 cm³/mol. The molecule has 1 amide bonds. The minimum atomic E-state index is -0.0979. The molecule has 0 fully saturated rings. The quantitative estimate of drug-likeness (QED) is 0.864. The SMILES string of the molecule is CCN(CC)C1Cc2cc([NH])ccc2NC1=O. The van der Waals surface area contributed by atoms with Gasteiger partial charge in [-0.1, -0.05) is 13.8 Å². The van der Waals surface area contributed by atoms with E-state index in [1.807, 2.05) is 12.1 Å². The molecular formula is C13H18N3O. The van der Waals surface area contributed by atoms with Crippen molar-refractivity contribution in [3.63, 3.8) is 0 Å². The summed E-state index contributed by atoms with van der Waals surface area (Å²) in [7, 11) is 0. The van der Waals surface area contributed by atoms with Gasteiger partial charge in [0.2, 0.25) is 5.91 Å². The summed E-state index contributed by atoms with van der Waals surface area (Å²) < 4.78 is 0. The van der Waals surface area contributed by atoms with Crippen LogP contribution in [-0.2, 0) is 11.2 Å². The van der Waals surface area contributed by atoms with Crippen molar-refractivity contribution >= 4 is 17.3 Å². The molecule has 17 heavy (non-hydrogen) atoms. The van der Waals surface area contributed by atoms with E-state index in [-0.39, 0.29) is 11.9 Å². The van der Waals surface area contributed by atoms with Crippen LogP contribution in [0, 0.1) is 0 Å². The molecule has 2 N–H and O–H groups in total. The molecule has 1 aromatic carbocycles. The summed E-state index contributed by atoms with van der Waals surface area (Å²) in [5.41, 5.74) is 10.0. The van der Waals surface area contributed by atoms with Crippen molar-refractivity contribution in [3.05, 3.63) is 23.8 Å². The van der Waals surface area contributed by atoms with Gasteiger partial charge in [-0.3, -0.25) is 9.69 Å². The van der Waals surface area contributed by atoms with Crippen LogP contribution in [0.15, 0.2) is 18.2 Å². The monoisotopic (exact) mass is 232 g/mol. The lowest BCUT2D eigenvalue weighted by Gasteiger charge is -2.32. The van der Waals surface area contributed by atoms with Gasteiger partial charge in [-0.2, -0.15) is 0 Å². The highest BCUT2D eigenvalue weighted by molar-refractivity contribution is 5.98. The highest BCUT2D eigenvalue weighted by atomic mass is 16.2. The second kappa shape index (κ2) is 4.75. The summed E-state index contributed by atoms with van der Waals surface area (Å²) in [4.78, 5) is 14.1. The lowest BCUT2D eigenvalue weighted by atomic mass is 9.97. The molecule has 0 saturated carbocycles. The van der Waals surface area contributed by atoms with Crippen LogP contribution in [0.3, 0.4) is 0 Å². The van der Waals surface area contributed by atoms with Gasteiger partial charge in [-0.15, -0.1) is 0 Å². The van der Waals surface area contributed by atoms with E-state index in [2.05, 4.69) is 24.1 Å². The Balaban J connectivity index is 2.28. The third-order valence-corrected chi connectivity index (χ3v) is 3.33. The van der Waals surface area contributed by atoms with Gasteiger partial charge in [0.15, 0.2) is 0 Å². The molecular weight excluding hydrogens is 214 g/mol. The lowest BCUT2D eigenvalue weighted by molar-refractivity contribution is -0.121. The highest BCUT2D eigenvalue weighted by Crippen LogP contribution is 2.26. The van der Waals surface area contributed by atoms with Gasteiger partial charge in [0.25, 0.3) is 0 Å². The van der Waals surface area contributed by atoms with Crippen molar-refractivity contribution in [2.45, 2.75) is 26.3 Å². The largest absolute Gasteiger partial charge is 0.324 e. The van der Waals surface area contributed by atoms with E-state index in [1.165, 1.54) is 0 Å². The molecule has 4 nitrogen and oxygen atoms in total. The lowest BCUT2D eigenvalue weighted by Crippen LogP contribution is -2.47. The first kappa shape index (κ1) is 11.9. The third kappa shape index (κ3) is 2.26. The number of nitrogens with one attached hydrogen (secondary N) is 2. The first-order valence-electron chi connectivity index (χ1n) is 6.05. The number of hydrogen-bond donors (Lipinski definition) is 1. The van der Waals surface area contributed by atoms with Crippen molar-refractivity contribution in [2.24, 2.45) is 0 Å². The van der Waals surface area contributed by atoms with E-state index in [4.69, 9.17) is 5.73 Å². The fourth-order valence-corrected chi connectivity index (χ4v) is 2.36. The maximum Gasteiger partial charge on any atom is 0.242 e. The van der Waals surface area contributed by atoms with Crippen molar-refractivity contribution in [1.29, 1.82) is 0 Å². The highest BCUT2D eigenvalue weighted by Gasteiger charge is 2.29. The first-order chi connectivity index (χ1) is 8.15. The number of likely N-dealkylation sites (N-methyl/N-ethyl adjacent to an activating group) is 1. The van der Waals surface area contributed by atoms with Gasteiger partial charge in [0.05, 0.1) is 11.7 Å². The molecule has 1 heterocycles. The minimum Gasteiger partial charge on any atom is -0.324 e. The molecule has 0 spiro atoms. The molecule has 2 rings (SSSR count). The number of fused-ring (bicyclic) bond motifs is 1. The maximum absolute atomic E-state index is 12.0. The molecule has 1 aliphatic heterocycles. The van der Waals surface area contributed by atoms with Gasteiger partial charge in [-0.25, -0.2) is 0 Å². The smallest absolute Gasteiger partial charge is 0.242 e. The van der Waals surface area contributed by atoms with E-state index in [1.54, 1.807) is 6.07 Å². The molecule has 1 atom stereocenters. The Bertz CT molecular complexity index is 427. The standard InChI is InChI=1S/C13H18N3O/c1-3-16(4-2)12-8-9-7-10(14)5-6-11(9)15-13(12)17/h5-7,12,14H,3-4,8H2,1-2H3,(H,15,17). The van der Waals surface area contributed by atoms with Gasteiger partial charge >= 0.3 is 0 Å². The molecule has 1 radical (unpaired) electrons. The normalized spacial score (nSPS) is 19.0. The zero-order valence-electron chi connectivity index (χ0n) is 10.3. The fraction of sp³-hybridized carbons (Fsp3) is 0.462. The van der Waals surface area contributed by atoms with E-state index >= 15 is 0 Å². The number of benzene rings is 1. The first-order valence-corrected chi connectivity index (χ1v) is 6.05. The second-order valence-electron chi connectivity index (χ2n) is 4.30. The Kier molecular flexibility index (Phi) is 3.33. The van der Waals surface area contributed by atoms with Crippen LogP contribution in [0.5, 0.6) is 0 Å². The molecule has 0 aromatic heterocycles. The van der Waals surface area contributed by atoms with Crippen molar-refractivity contribution < 1.29 is 4.79 Å².